The quantitative estimate of drug-likeness (QED) is 0.221. The van der Waals surface area contributed by atoms with Gasteiger partial charge in [-0.05, 0) is 52.3 Å². The number of nitrogens with zero attached hydrogens (tertiary/aromatic N) is 4. The van der Waals surface area contributed by atoms with Crippen LogP contribution in [0, 0.1) is 0 Å². The lowest BCUT2D eigenvalue weighted by atomic mass is 9.63. The summed E-state index contributed by atoms with van der Waals surface area (Å²) in [6.07, 6.45) is 4.22. The molecule has 2 heterocycles. The molecule has 6 aromatic rings. The molecule has 0 radical (unpaired) electrons. The Morgan fingerprint density at radius 3 is 1.76 bits per heavy atom. The molecule has 0 saturated heterocycles. The fourth-order valence-electron chi connectivity index (χ4n) is 6.21. The molecule has 206 valence electrons. The average molecular weight is 547 g/mol. The summed E-state index contributed by atoms with van der Waals surface area (Å²) in [5.41, 5.74) is 8.06. The number of aromatic nitrogens is 4. The lowest BCUT2D eigenvalue weighted by Crippen LogP contribution is -2.33. The van der Waals surface area contributed by atoms with E-state index in [0.29, 0.717) is 17.5 Å². The molecule has 0 aliphatic heterocycles. The molecule has 42 heavy (non-hydrogen) atoms. The number of rotatable bonds is 4. The van der Waals surface area contributed by atoms with Crippen LogP contribution in [-0.2, 0) is 10.8 Å². The van der Waals surface area contributed by atoms with E-state index in [1.165, 1.54) is 22.9 Å². The Kier molecular flexibility index (Phi) is 6.23. The highest BCUT2D eigenvalue weighted by molar-refractivity contribution is 5.94. The van der Waals surface area contributed by atoms with Gasteiger partial charge in [0, 0.05) is 33.8 Å². The lowest BCUT2D eigenvalue weighted by molar-refractivity contribution is 0.332. The molecule has 0 fully saturated rings. The monoisotopic (exact) mass is 546 g/mol. The summed E-state index contributed by atoms with van der Waals surface area (Å²) in [7, 11) is 0. The fourth-order valence-corrected chi connectivity index (χ4v) is 6.21. The van der Waals surface area contributed by atoms with E-state index in [2.05, 4.69) is 107 Å². The van der Waals surface area contributed by atoms with Gasteiger partial charge >= 0.3 is 0 Å². The molecule has 4 heteroatoms. The van der Waals surface area contributed by atoms with Crippen molar-refractivity contribution < 1.29 is 0 Å². The summed E-state index contributed by atoms with van der Waals surface area (Å²) >= 11 is 0. The minimum absolute atomic E-state index is 0.102. The van der Waals surface area contributed by atoms with Crippen LogP contribution in [0.1, 0.15) is 51.7 Å². The van der Waals surface area contributed by atoms with E-state index in [0.717, 1.165) is 39.8 Å². The van der Waals surface area contributed by atoms with Gasteiger partial charge in [0.2, 0.25) is 0 Å². The summed E-state index contributed by atoms with van der Waals surface area (Å²) in [5, 5.41) is 2.32. The molecule has 1 aliphatic rings. The third-order valence-corrected chi connectivity index (χ3v) is 8.87. The summed E-state index contributed by atoms with van der Waals surface area (Å²) in [4.78, 5) is 19.7. The highest BCUT2D eigenvalue weighted by Crippen LogP contribution is 2.46. The van der Waals surface area contributed by atoms with Gasteiger partial charge in [-0.25, -0.2) is 15.0 Å². The molecule has 0 bridgehead atoms. The highest BCUT2D eigenvalue weighted by Gasteiger charge is 2.37. The first-order valence-corrected chi connectivity index (χ1v) is 14.7. The molecule has 7 rings (SSSR count). The smallest absolute Gasteiger partial charge is 0.164 e. The molecule has 0 atom stereocenters. The molecular weight excluding hydrogens is 512 g/mol. The Labute approximate surface area is 247 Å². The van der Waals surface area contributed by atoms with Gasteiger partial charge in [-0.2, -0.15) is 0 Å². The first kappa shape index (κ1) is 26.2. The first-order chi connectivity index (χ1) is 20.3. The molecule has 0 saturated carbocycles. The van der Waals surface area contributed by atoms with Crippen LogP contribution in [0.15, 0.2) is 109 Å². The fraction of sp³-hybridized carbons (Fsp3) is 0.211. The molecule has 0 spiro atoms. The second-order valence-corrected chi connectivity index (χ2v) is 12.7. The van der Waals surface area contributed by atoms with Crippen LogP contribution in [-0.4, -0.2) is 19.9 Å². The summed E-state index contributed by atoms with van der Waals surface area (Å²) in [6.45, 7) is 9.41. The Hall–Kier alpha value is -4.70. The summed E-state index contributed by atoms with van der Waals surface area (Å²) in [5.74, 6) is 2.03. The third kappa shape index (κ3) is 4.67. The maximum Gasteiger partial charge on any atom is 0.164 e. The molecule has 0 amide bonds. The maximum atomic E-state index is 5.05. The van der Waals surface area contributed by atoms with E-state index >= 15 is 0 Å². The van der Waals surface area contributed by atoms with Crippen molar-refractivity contribution in [3.8, 4) is 45.4 Å². The molecule has 4 aromatic carbocycles. The van der Waals surface area contributed by atoms with Crippen LogP contribution < -0.4 is 0 Å². The number of fused-ring (bicyclic) bond motifs is 2. The second-order valence-electron chi connectivity index (χ2n) is 12.7. The number of hydrogen-bond donors (Lipinski definition) is 0. The van der Waals surface area contributed by atoms with Crippen molar-refractivity contribution in [3.63, 3.8) is 0 Å². The molecule has 0 unspecified atom stereocenters. The predicted molar refractivity (Wildman–Crippen MR) is 172 cm³/mol. The van der Waals surface area contributed by atoms with Gasteiger partial charge in [-0.15, -0.1) is 0 Å². The standard InChI is InChI=1S/C38H34N4/c1-37(2)21-22-38(3,4)32-24-29(18-19-31(32)37)36-41-34(27-11-6-5-7-12-27)40-35(42-36)28-16-14-26(15-17-28)33-30-13-9-8-10-25(30)20-23-39-33/h5-20,23-24H,21-22H2,1-4H3. The van der Waals surface area contributed by atoms with Gasteiger partial charge in [0.25, 0.3) is 0 Å². The minimum Gasteiger partial charge on any atom is -0.256 e. The number of pyridine rings is 1. The van der Waals surface area contributed by atoms with Crippen molar-refractivity contribution in [2.45, 2.75) is 51.4 Å². The Morgan fingerprint density at radius 2 is 1.05 bits per heavy atom. The van der Waals surface area contributed by atoms with E-state index in [9.17, 15) is 0 Å². The van der Waals surface area contributed by atoms with E-state index in [1.807, 2.05) is 30.5 Å². The van der Waals surface area contributed by atoms with Crippen molar-refractivity contribution in [1.82, 2.24) is 19.9 Å². The largest absolute Gasteiger partial charge is 0.256 e. The zero-order valence-corrected chi connectivity index (χ0v) is 24.6. The summed E-state index contributed by atoms with van der Waals surface area (Å²) in [6, 6.07) is 35.8. The maximum absolute atomic E-state index is 5.05. The Bertz CT molecular complexity index is 1920. The van der Waals surface area contributed by atoms with Crippen molar-refractivity contribution >= 4 is 10.8 Å². The molecule has 2 aromatic heterocycles. The van der Waals surface area contributed by atoms with Crippen molar-refractivity contribution in [3.05, 3.63) is 120 Å². The normalized spacial score (nSPS) is 15.3. The SMILES string of the molecule is CC1(C)CCC(C)(C)c2cc(-c3nc(-c4ccccc4)nc(-c4ccc(-c5nccc6ccccc56)cc4)n3)ccc21. The van der Waals surface area contributed by atoms with E-state index in [-0.39, 0.29) is 10.8 Å². The topological polar surface area (TPSA) is 51.6 Å². The van der Waals surface area contributed by atoms with Gasteiger partial charge in [-0.1, -0.05) is 119 Å². The van der Waals surface area contributed by atoms with Gasteiger partial charge in [0.1, 0.15) is 0 Å². The molecule has 1 aliphatic carbocycles. The van der Waals surface area contributed by atoms with Crippen molar-refractivity contribution in [1.29, 1.82) is 0 Å². The minimum atomic E-state index is 0.102. The van der Waals surface area contributed by atoms with Gasteiger partial charge in [0.05, 0.1) is 5.69 Å². The molecular formula is C38H34N4. The predicted octanol–water partition coefficient (Wildman–Crippen LogP) is 9.44. The zero-order chi connectivity index (χ0) is 28.9. The van der Waals surface area contributed by atoms with Crippen LogP contribution in [0.25, 0.3) is 56.2 Å². The first-order valence-electron chi connectivity index (χ1n) is 14.7. The number of hydrogen-bond acceptors (Lipinski definition) is 4. The summed E-state index contributed by atoms with van der Waals surface area (Å²) < 4.78 is 0. The van der Waals surface area contributed by atoms with Crippen LogP contribution in [0.4, 0.5) is 0 Å². The second kappa shape index (κ2) is 9.99. The van der Waals surface area contributed by atoms with E-state index in [4.69, 9.17) is 19.9 Å². The van der Waals surface area contributed by atoms with Crippen LogP contribution >= 0.6 is 0 Å². The lowest BCUT2D eigenvalue weighted by Gasteiger charge is -2.42. The van der Waals surface area contributed by atoms with Crippen molar-refractivity contribution in [2.75, 3.05) is 0 Å². The zero-order valence-electron chi connectivity index (χ0n) is 24.6. The highest BCUT2D eigenvalue weighted by atomic mass is 15.0. The average Bonchev–Trinajstić information content (AvgIpc) is 3.03. The Balaban J connectivity index is 1.34. The molecule has 0 N–H and O–H groups in total. The van der Waals surface area contributed by atoms with Gasteiger partial charge in [-0.3, -0.25) is 4.98 Å². The molecule has 4 nitrogen and oxygen atoms in total. The van der Waals surface area contributed by atoms with Crippen LogP contribution in [0.5, 0.6) is 0 Å². The van der Waals surface area contributed by atoms with E-state index in [1.54, 1.807) is 0 Å². The van der Waals surface area contributed by atoms with E-state index < -0.39 is 0 Å². The van der Waals surface area contributed by atoms with Crippen LogP contribution in [0.3, 0.4) is 0 Å². The number of benzene rings is 4. The van der Waals surface area contributed by atoms with Crippen molar-refractivity contribution in [2.24, 2.45) is 0 Å². The van der Waals surface area contributed by atoms with Gasteiger partial charge in [0.15, 0.2) is 17.5 Å². The van der Waals surface area contributed by atoms with Crippen LogP contribution in [0.2, 0.25) is 0 Å². The van der Waals surface area contributed by atoms with Gasteiger partial charge < -0.3 is 0 Å². The third-order valence-electron chi connectivity index (χ3n) is 8.87. The Morgan fingerprint density at radius 1 is 0.500 bits per heavy atom.